The number of rotatable bonds is 3. The summed E-state index contributed by atoms with van der Waals surface area (Å²) < 4.78 is 5.18. The lowest BCUT2D eigenvalue weighted by atomic mass is 10.2. The van der Waals surface area contributed by atoms with E-state index in [4.69, 9.17) is 10.5 Å². The van der Waals surface area contributed by atoms with Crippen molar-refractivity contribution in [3.05, 3.63) is 36.8 Å². The Morgan fingerprint density at radius 1 is 1.35 bits per heavy atom. The topological polar surface area (TPSA) is 64.3 Å². The lowest BCUT2D eigenvalue weighted by Gasteiger charge is -2.19. The molecule has 2 rings (SSSR count). The van der Waals surface area contributed by atoms with Gasteiger partial charge < -0.3 is 15.4 Å². The fraction of sp³-hybridized carbons (Fsp3) is 0.167. The number of nitrogens with two attached hydrogens (primary N) is 1. The van der Waals surface area contributed by atoms with Gasteiger partial charge in [0.05, 0.1) is 19.0 Å². The maximum absolute atomic E-state index is 5.83. The molecule has 1 aromatic heterocycles. The van der Waals surface area contributed by atoms with Crippen LogP contribution in [0, 0.1) is 0 Å². The number of hydrogen-bond donors (Lipinski definition) is 1. The Labute approximate surface area is 99.9 Å². The van der Waals surface area contributed by atoms with Crippen molar-refractivity contribution < 1.29 is 4.74 Å². The zero-order valence-electron chi connectivity index (χ0n) is 9.79. The highest BCUT2D eigenvalue weighted by molar-refractivity contribution is 5.70. The second kappa shape index (κ2) is 4.69. The van der Waals surface area contributed by atoms with E-state index in [0.717, 1.165) is 11.4 Å². The van der Waals surface area contributed by atoms with Crippen molar-refractivity contribution in [2.24, 2.45) is 0 Å². The number of aromatic nitrogens is 2. The standard InChI is InChI=1S/C12H14N4O/c1-16(12-11(13)7-14-8-15-12)9-4-3-5-10(6-9)17-2/h3-8H,13H2,1-2H3. The van der Waals surface area contributed by atoms with E-state index in [1.807, 2.05) is 36.2 Å². The molecular formula is C12H14N4O. The summed E-state index contributed by atoms with van der Waals surface area (Å²) in [6.45, 7) is 0. The highest BCUT2D eigenvalue weighted by Crippen LogP contribution is 2.27. The van der Waals surface area contributed by atoms with E-state index >= 15 is 0 Å². The van der Waals surface area contributed by atoms with Crippen molar-refractivity contribution in [3.8, 4) is 5.75 Å². The third kappa shape index (κ3) is 2.28. The largest absolute Gasteiger partial charge is 0.497 e. The first-order valence-electron chi connectivity index (χ1n) is 5.15. The number of anilines is 3. The van der Waals surface area contributed by atoms with E-state index in [0.29, 0.717) is 11.5 Å². The van der Waals surface area contributed by atoms with Crippen LogP contribution < -0.4 is 15.4 Å². The third-order valence-corrected chi connectivity index (χ3v) is 2.48. The van der Waals surface area contributed by atoms with Crippen LogP contribution in [0.1, 0.15) is 0 Å². The van der Waals surface area contributed by atoms with Crippen LogP contribution in [0.15, 0.2) is 36.8 Å². The first-order valence-corrected chi connectivity index (χ1v) is 5.15. The summed E-state index contributed by atoms with van der Waals surface area (Å²) in [6.07, 6.45) is 3.06. The van der Waals surface area contributed by atoms with Crippen molar-refractivity contribution in [2.45, 2.75) is 0 Å². The summed E-state index contributed by atoms with van der Waals surface area (Å²) in [6, 6.07) is 7.69. The fourth-order valence-corrected chi connectivity index (χ4v) is 1.56. The predicted octanol–water partition coefficient (Wildman–Crippen LogP) is 1.84. The summed E-state index contributed by atoms with van der Waals surface area (Å²) in [5, 5.41) is 0. The molecule has 0 saturated carbocycles. The van der Waals surface area contributed by atoms with E-state index in [1.165, 1.54) is 6.33 Å². The number of methoxy groups -OCH3 is 1. The van der Waals surface area contributed by atoms with Crippen molar-refractivity contribution in [1.29, 1.82) is 0 Å². The summed E-state index contributed by atoms with van der Waals surface area (Å²) >= 11 is 0. The average Bonchev–Trinajstić information content (AvgIpc) is 2.38. The molecule has 0 bridgehead atoms. The minimum atomic E-state index is 0.540. The lowest BCUT2D eigenvalue weighted by Crippen LogP contribution is -2.13. The van der Waals surface area contributed by atoms with Crippen LogP contribution in [0.5, 0.6) is 5.75 Å². The second-order valence-corrected chi connectivity index (χ2v) is 3.56. The minimum Gasteiger partial charge on any atom is -0.497 e. The molecule has 0 radical (unpaired) electrons. The Morgan fingerprint density at radius 3 is 2.88 bits per heavy atom. The fourth-order valence-electron chi connectivity index (χ4n) is 1.56. The van der Waals surface area contributed by atoms with Gasteiger partial charge in [0, 0.05) is 18.8 Å². The summed E-state index contributed by atoms with van der Waals surface area (Å²) in [4.78, 5) is 9.91. The van der Waals surface area contributed by atoms with E-state index < -0.39 is 0 Å². The smallest absolute Gasteiger partial charge is 0.159 e. The quantitative estimate of drug-likeness (QED) is 0.871. The highest BCUT2D eigenvalue weighted by atomic mass is 16.5. The van der Waals surface area contributed by atoms with Gasteiger partial charge in [0.1, 0.15) is 12.1 Å². The highest BCUT2D eigenvalue weighted by Gasteiger charge is 2.09. The van der Waals surface area contributed by atoms with E-state index in [-0.39, 0.29) is 0 Å². The van der Waals surface area contributed by atoms with Crippen LogP contribution in [-0.2, 0) is 0 Å². The number of hydrogen-bond acceptors (Lipinski definition) is 5. The molecule has 2 N–H and O–H groups in total. The van der Waals surface area contributed by atoms with Gasteiger partial charge in [-0.3, -0.25) is 0 Å². The van der Waals surface area contributed by atoms with E-state index in [2.05, 4.69) is 9.97 Å². The van der Waals surface area contributed by atoms with Crippen LogP contribution in [0.2, 0.25) is 0 Å². The Hall–Kier alpha value is -2.30. The summed E-state index contributed by atoms with van der Waals surface area (Å²) in [5.74, 6) is 1.47. The van der Waals surface area contributed by atoms with Gasteiger partial charge in [-0.05, 0) is 12.1 Å². The monoisotopic (exact) mass is 230 g/mol. The van der Waals surface area contributed by atoms with E-state index in [9.17, 15) is 0 Å². The first kappa shape index (κ1) is 11.2. The van der Waals surface area contributed by atoms with Gasteiger partial charge >= 0.3 is 0 Å². The predicted molar refractivity (Wildman–Crippen MR) is 67.5 cm³/mol. The number of nitrogens with zero attached hydrogens (tertiary/aromatic N) is 3. The second-order valence-electron chi connectivity index (χ2n) is 3.56. The zero-order chi connectivity index (χ0) is 12.3. The molecule has 88 valence electrons. The van der Waals surface area contributed by atoms with Gasteiger partial charge in [-0.2, -0.15) is 0 Å². The molecule has 0 fully saturated rings. The van der Waals surface area contributed by atoms with Crippen LogP contribution >= 0.6 is 0 Å². The Morgan fingerprint density at radius 2 is 2.18 bits per heavy atom. The van der Waals surface area contributed by atoms with Crippen molar-refractivity contribution in [2.75, 3.05) is 24.8 Å². The molecule has 5 nitrogen and oxygen atoms in total. The normalized spacial score (nSPS) is 10.0. The Balaban J connectivity index is 2.37. The molecule has 0 atom stereocenters. The molecule has 17 heavy (non-hydrogen) atoms. The Kier molecular flexibility index (Phi) is 3.09. The first-order chi connectivity index (χ1) is 8.22. The van der Waals surface area contributed by atoms with Crippen LogP contribution in [0.3, 0.4) is 0 Å². The maximum Gasteiger partial charge on any atom is 0.159 e. The molecule has 0 aliphatic heterocycles. The number of benzene rings is 1. The summed E-state index contributed by atoms with van der Waals surface area (Å²) in [7, 11) is 3.53. The van der Waals surface area contributed by atoms with Gasteiger partial charge in [-0.1, -0.05) is 6.07 Å². The van der Waals surface area contributed by atoms with Gasteiger partial charge in [0.25, 0.3) is 0 Å². The Bertz CT molecular complexity index is 515. The van der Waals surface area contributed by atoms with Gasteiger partial charge in [0.15, 0.2) is 5.82 Å². The molecule has 0 aliphatic rings. The van der Waals surface area contributed by atoms with Crippen molar-refractivity contribution in [3.63, 3.8) is 0 Å². The van der Waals surface area contributed by atoms with Crippen molar-refractivity contribution >= 4 is 17.2 Å². The molecule has 0 aliphatic carbocycles. The molecule has 1 heterocycles. The molecule has 0 amide bonds. The third-order valence-electron chi connectivity index (χ3n) is 2.48. The minimum absolute atomic E-state index is 0.540. The van der Waals surface area contributed by atoms with Crippen LogP contribution in [-0.4, -0.2) is 24.1 Å². The molecule has 5 heteroatoms. The molecule has 0 saturated heterocycles. The maximum atomic E-state index is 5.83. The van der Waals surface area contributed by atoms with Crippen molar-refractivity contribution in [1.82, 2.24) is 9.97 Å². The summed E-state index contributed by atoms with van der Waals surface area (Å²) in [5.41, 5.74) is 7.32. The molecule has 2 aromatic rings. The van der Waals surface area contributed by atoms with Gasteiger partial charge in [0.2, 0.25) is 0 Å². The molecular weight excluding hydrogens is 216 g/mol. The van der Waals surface area contributed by atoms with Gasteiger partial charge in [-0.25, -0.2) is 9.97 Å². The van der Waals surface area contributed by atoms with Gasteiger partial charge in [-0.15, -0.1) is 0 Å². The van der Waals surface area contributed by atoms with Crippen LogP contribution in [0.4, 0.5) is 17.2 Å². The molecule has 0 unspecified atom stereocenters. The zero-order valence-corrected chi connectivity index (χ0v) is 9.79. The average molecular weight is 230 g/mol. The number of nitrogen functional groups attached to an aromatic ring is 1. The van der Waals surface area contributed by atoms with Crippen LogP contribution in [0.25, 0.3) is 0 Å². The molecule has 1 aromatic carbocycles. The number of ether oxygens (including phenoxy) is 1. The molecule has 0 spiro atoms. The SMILES string of the molecule is COc1cccc(N(C)c2ncncc2N)c1. The van der Waals surface area contributed by atoms with E-state index in [1.54, 1.807) is 13.3 Å². The lowest BCUT2D eigenvalue weighted by molar-refractivity contribution is 0.415.